The molecule has 0 aromatic carbocycles. The molecule has 90 valence electrons. The summed E-state index contributed by atoms with van der Waals surface area (Å²) in [6.07, 6.45) is 9.11. The van der Waals surface area contributed by atoms with Crippen LogP contribution in [-0.4, -0.2) is 34.8 Å². The molecule has 0 spiro atoms. The Bertz CT molecular complexity index is 161. The van der Waals surface area contributed by atoms with Crippen molar-refractivity contribution in [2.24, 2.45) is 0 Å². The van der Waals surface area contributed by atoms with Crippen molar-refractivity contribution in [3.05, 3.63) is 0 Å². The van der Waals surface area contributed by atoms with Gasteiger partial charge in [0, 0.05) is 26.7 Å². The van der Waals surface area contributed by atoms with Crippen LogP contribution in [0.15, 0.2) is 0 Å². The normalized spacial score (nSPS) is 19.4. The van der Waals surface area contributed by atoms with Gasteiger partial charge in [0.2, 0.25) is 0 Å². The molecule has 0 atom stereocenters. The molecule has 0 aromatic rings. The lowest BCUT2D eigenvalue weighted by Crippen LogP contribution is -2.49. The zero-order valence-electron chi connectivity index (χ0n) is 10.6. The molecule has 0 saturated heterocycles. The lowest BCUT2D eigenvalue weighted by atomic mass is 10.0. The van der Waals surface area contributed by atoms with Gasteiger partial charge in [0.15, 0.2) is 0 Å². The Balaban J connectivity index is 2.66. The zero-order valence-corrected chi connectivity index (χ0v) is 11.6. The van der Waals surface area contributed by atoms with Gasteiger partial charge in [-0.05, 0) is 5.54 Å². The quantitative estimate of drug-likeness (QED) is 0.653. The molecule has 1 aliphatic rings. The highest BCUT2D eigenvalue weighted by molar-refractivity contribution is 6.81. The van der Waals surface area contributed by atoms with Gasteiger partial charge in [-0.2, -0.15) is 0 Å². The van der Waals surface area contributed by atoms with Gasteiger partial charge < -0.3 is 9.47 Å². The van der Waals surface area contributed by atoms with Crippen LogP contribution in [0, 0.1) is 0 Å². The van der Waals surface area contributed by atoms with E-state index in [1.807, 2.05) is 14.2 Å². The minimum Gasteiger partial charge on any atom is -0.388 e. The van der Waals surface area contributed by atoms with Crippen molar-refractivity contribution in [2.45, 2.75) is 50.6 Å². The monoisotopic (exact) mass is 230 g/mol. The fourth-order valence-electron chi connectivity index (χ4n) is 3.06. The highest BCUT2D eigenvalue weighted by atomic mass is 28.3. The van der Waals surface area contributed by atoms with E-state index in [-0.39, 0.29) is 0 Å². The van der Waals surface area contributed by atoms with Crippen LogP contribution in [0.1, 0.15) is 39.0 Å². The predicted molar refractivity (Wildman–Crippen MR) is 66.8 cm³/mol. The van der Waals surface area contributed by atoms with Gasteiger partial charge in [0.25, 0.3) is 0 Å². The molecule has 1 fully saturated rings. The summed E-state index contributed by atoms with van der Waals surface area (Å²) in [5.74, 6) is 0. The van der Waals surface area contributed by atoms with Crippen molar-refractivity contribution in [1.82, 2.24) is 0 Å². The lowest BCUT2D eigenvalue weighted by Gasteiger charge is -2.39. The molecular formula is C12H26O2Si. The molecule has 1 saturated carbocycles. The first-order valence-electron chi connectivity index (χ1n) is 6.27. The summed E-state index contributed by atoms with van der Waals surface area (Å²) in [4.78, 5) is 0. The van der Waals surface area contributed by atoms with Crippen molar-refractivity contribution in [1.29, 1.82) is 0 Å². The standard InChI is InChI=1S/C12H26O2Si/c1-4-15(10-13-2,11-14-3)12-8-6-5-7-9-12/h12H,4-11H2,1-3H3. The molecule has 0 heterocycles. The molecule has 1 aliphatic carbocycles. The molecule has 2 nitrogen and oxygen atoms in total. The molecule has 0 bridgehead atoms. The second-order valence-corrected chi connectivity index (χ2v) is 9.74. The van der Waals surface area contributed by atoms with Gasteiger partial charge in [-0.15, -0.1) is 0 Å². The van der Waals surface area contributed by atoms with E-state index >= 15 is 0 Å². The average Bonchev–Trinajstić information content (AvgIpc) is 2.30. The molecular weight excluding hydrogens is 204 g/mol. The van der Waals surface area contributed by atoms with Crippen LogP contribution in [0.4, 0.5) is 0 Å². The van der Waals surface area contributed by atoms with Gasteiger partial charge >= 0.3 is 0 Å². The molecule has 0 radical (unpaired) electrons. The second kappa shape index (κ2) is 6.66. The fourth-order valence-corrected chi connectivity index (χ4v) is 7.38. The van der Waals surface area contributed by atoms with Crippen molar-refractivity contribution >= 4 is 8.07 Å². The summed E-state index contributed by atoms with van der Waals surface area (Å²) in [6.45, 7) is 2.33. The Morgan fingerprint density at radius 2 is 1.53 bits per heavy atom. The van der Waals surface area contributed by atoms with Gasteiger partial charge in [-0.1, -0.05) is 45.1 Å². The highest BCUT2D eigenvalue weighted by Gasteiger charge is 2.40. The maximum atomic E-state index is 5.49. The topological polar surface area (TPSA) is 18.5 Å². The minimum atomic E-state index is -1.31. The largest absolute Gasteiger partial charge is 0.388 e. The third kappa shape index (κ3) is 3.30. The summed E-state index contributed by atoms with van der Waals surface area (Å²) in [5, 5.41) is 0. The van der Waals surface area contributed by atoms with E-state index in [0.717, 1.165) is 18.0 Å². The summed E-state index contributed by atoms with van der Waals surface area (Å²) in [6, 6.07) is 1.30. The number of hydrogen-bond acceptors (Lipinski definition) is 2. The van der Waals surface area contributed by atoms with E-state index in [4.69, 9.17) is 9.47 Å². The average molecular weight is 230 g/mol. The number of hydrogen-bond donors (Lipinski definition) is 0. The second-order valence-electron chi connectivity index (χ2n) is 4.92. The molecule has 0 amide bonds. The van der Waals surface area contributed by atoms with Crippen LogP contribution in [0.5, 0.6) is 0 Å². The summed E-state index contributed by atoms with van der Waals surface area (Å²) in [7, 11) is 2.37. The van der Waals surface area contributed by atoms with Crippen molar-refractivity contribution in [3.63, 3.8) is 0 Å². The summed E-state index contributed by atoms with van der Waals surface area (Å²) >= 11 is 0. The summed E-state index contributed by atoms with van der Waals surface area (Å²) in [5.41, 5.74) is 0.941. The van der Waals surface area contributed by atoms with Gasteiger partial charge in [0.05, 0.1) is 0 Å². The molecule has 0 unspecified atom stereocenters. The maximum Gasteiger partial charge on any atom is 0.115 e. The minimum absolute atomic E-state index is 0.941. The highest BCUT2D eigenvalue weighted by Crippen LogP contribution is 2.39. The van der Waals surface area contributed by atoms with Gasteiger partial charge in [-0.3, -0.25) is 0 Å². The van der Waals surface area contributed by atoms with Crippen molar-refractivity contribution in [3.8, 4) is 0 Å². The molecule has 0 N–H and O–H groups in total. The summed E-state index contributed by atoms with van der Waals surface area (Å²) < 4.78 is 11.0. The SMILES string of the molecule is CC[Si](COC)(COC)C1CCCCC1. The van der Waals surface area contributed by atoms with Crippen molar-refractivity contribution < 1.29 is 9.47 Å². The Kier molecular flexibility index (Phi) is 5.86. The van der Waals surface area contributed by atoms with Crippen LogP contribution < -0.4 is 0 Å². The lowest BCUT2D eigenvalue weighted by molar-refractivity contribution is 0.210. The van der Waals surface area contributed by atoms with E-state index in [1.165, 1.54) is 38.1 Å². The predicted octanol–water partition coefficient (Wildman–Crippen LogP) is 3.16. The van der Waals surface area contributed by atoms with Crippen molar-refractivity contribution in [2.75, 3.05) is 26.7 Å². The first kappa shape index (κ1) is 13.2. The van der Waals surface area contributed by atoms with E-state index in [0.29, 0.717) is 0 Å². The Morgan fingerprint density at radius 1 is 1.00 bits per heavy atom. The molecule has 0 aliphatic heterocycles. The van der Waals surface area contributed by atoms with Gasteiger partial charge in [0.1, 0.15) is 8.07 Å². The van der Waals surface area contributed by atoms with E-state index in [1.54, 1.807) is 0 Å². The smallest absolute Gasteiger partial charge is 0.115 e. The van der Waals surface area contributed by atoms with E-state index in [9.17, 15) is 0 Å². The van der Waals surface area contributed by atoms with E-state index < -0.39 is 8.07 Å². The van der Waals surface area contributed by atoms with Crippen LogP contribution in [0.2, 0.25) is 11.6 Å². The van der Waals surface area contributed by atoms with Gasteiger partial charge in [-0.25, -0.2) is 0 Å². The molecule has 3 heteroatoms. The molecule has 15 heavy (non-hydrogen) atoms. The molecule has 1 rings (SSSR count). The maximum absolute atomic E-state index is 5.49. The van der Waals surface area contributed by atoms with E-state index in [2.05, 4.69) is 6.92 Å². The van der Waals surface area contributed by atoms with Crippen LogP contribution in [0.3, 0.4) is 0 Å². The third-order valence-corrected chi connectivity index (χ3v) is 9.48. The van der Waals surface area contributed by atoms with Crippen LogP contribution in [-0.2, 0) is 9.47 Å². The Hall–Kier alpha value is 0.137. The first-order valence-corrected chi connectivity index (χ1v) is 8.97. The van der Waals surface area contributed by atoms with Crippen LogP contribution in [0.25, 0.3) is 0 Å². The number of methoxy groups -OCH3 is 2. The fraction of sp³-hybridized carbons (Fsp3) is 1.00. The Morgan fingerprint density at radius 3 is 1.93 bits per heavy atom. The molecule has 0 aromatic heterocycles. The number of rotatable bonds is 6. The van der Waals surface area contributed by atoms with Crippen LogP contribution >= 0.6 is 0 Å². The number of ether oxygens (including phenoxy) is 2. The first-order chi connectivity index (χ1) is 7.29. The Labute approximate surface area is 95.4 Å². The zero-order chi connectivity index (χ0) is 11.1. The third-order valence-electron chi connectivity index (χ3n) is 4.04.